The Morgan fingerprint density at radius 1 is 1.00 bits per heavy atom. The van der Waals surface area contributed by atoms with Gasteiger partial charge < -0.3 is 4.74 Å². The highest BCUT2D eigenvalue weighted by Gasteiger charge is 2.21. The van der Waals surface area contributed by atoms with Gasteiger partial charge in [-0.25, -0.2) is 9.59 Å². The maximum atomic E-state index is 11.1. The number of hydrogen-bond donors (Lipinski definition) is 0. The largest absolute Gasteiger partial charge is 0.386 e. The van der Waals surface area contributed by atoms with Crippen molar-refractivity contribution in [2.24, 2.45) is 0 Å². The lowest BCUT2D eigenvalue weighted by atomic mass is 10.1. The number of rotatable bonds is 10. The summed E-state index contributed by atoms with van der Waals surface area (Å²) in [6.45, 7) is 2.23. The summed E-state index contributed by atoms with van der Waals surface area (Å²) in [5, 5.41) is 0. The fourth-order valence-electron chi connectivity index (χ4n) is 2.08. The van der Waals surface area contributed by atoms with Gasteiger partial charge in [0.05, 0.1) is 0 Å². The van der Waals surface area contributed by atoms with E-state index in [2.05, 4.69) is 17.7 Å². The number of unbranched alkanes of at least 4 members (excludes halogenated alkanes) is 7. The van der Waals surface area contributed by atoms with Gasteiger partial charge in [0, 0.05) is 11.6 Å². The molecule has 0 radical (unpaired) electrons. The number of esters is 2. The topological polar surface area (TPSA) is 43.4 Å². The monoisotopic (exact) mass is 264 g/mol. The molecule has 3 heteroatoms. The van der Waals surface area contributed by atoms with Crippen molar-refractivity contribution in [3.8, 4) is 0 Å². The first-order chi connectivity index (χ1) is 9.24. The number of carbonyl (C=O) groups excluding carboxylic acids is 2. The average Bonchev–Trinajstić information content (AvgIpc) is 2.70. The Balaban J connectivity index is 1.98. The zero-order valence-electron chi connectivity index (χ0n) is 11.8. The van der Waals surface area contributed by atoms with Crippen molar-refractivity contribution < 1.29 is 14.3 Å². The summed E-state index contributed by atoms with van der Waals surface area (Å²) >= 11 is 0. The van der Waals surface area contributed by atoms with Gasteiger partial charge in [0.1, 0.15) is 0 Å². The zero-order valence-corrected chi connectivity index (χ0v) is 11.8. The molecule has 0 saturated carbocycles. The van der Waals surface area contributed by atoms with Crippen LogP contribution in [-0.4, -0.2) is 11.9 Å². The lowest BCUT2D eigenvalue weighted by Crippen LogP contribution is -2.01. The summed E-state index contributed by atoms with van der Waals surface area (Å²) in [6.07, 6.45) is 16.0. The summed E-state index contributed by atoms with van der Waals surface area (Å²) < 4.78 is 4.41. The normalized spacial score (nSPS) is 15.1. The summed E-state index contributed by atoms with van der Waals surface area (Å²) in [4.78, 5) is 21.9. The minimum absolute atomic E-state index is 0.459. The van der Waals surface area contributed by atoms with Gasteiger partial charge in [-0.15, -0.1) is 0 Å². The number of cyclic esters (lactones) is 2. The highest BCUT2D eigenvalue weighted by Crippen LogP contribution is 2.13. The van der Waals surface area contributed by atoms with Crippen LogP contribution in [0.15, 0.2) is 23.8 Å². The van der Waals surface area contributed by atoms with Crippen molar-refractivity contribution in [3.05, 3.63) is 23.8 Å². The standard InChI is InChI=1S/C16H24O3/c1-2-3-4-5-6-7-8-9-10-11-12-14-13-15(17)19-16(14)18/h10-11,13H,2-9,12H2,1H3. The molecule has 0 spiro atoms. The molecular formula is C16H24O3. The van der Waals surface area contributed by atoms with Crippen LogP contribution >= 0.6 is 0 Å². The van der Waals surface area contributed by atoms with E-state index in [0.29, 0.717) is 12.0 Å². The highest BCUT2D eigenvalue weighted by atomic mass is 16.6. The predicted molar refractivity (Wildman–Crippen MR) is 75.5 cm³/mol. The smallest absolute Gasteiger partial charge is 0.342 e. The van der Waals surface area contributed by atoms with E-state index in [1.54, 1.807) is 0 Å². The van der Waals surface area contributed by atoms with E-state index in [9.17, 15) is 9.59 Å². The Kier molecular flexibility index (Phi) is 7.87. The van der Waals surface area contributed by atoms with Crippen LogP contribution < -0.4 is 0 Å². The minimum Gasteiger partial charge on any atom is -0.386 e. The van der Waals surface area contributed by atoms with E-state index in [0.717, 1.165) is 6.42 Å². The molecule has 0 aromatic rings. The average molecular weight is 264 g/mol. The van der Waals surface area contributed by atoms with Gasteiger partial charge in [-0.1, -0.05) is 57.6 Å². The lowest BCUT2D eigenvalue weighted by Gasteiger charge is -1.98. The first-order valence-corrected chi connectivity index (χ1v) is 7.35. The molecule has 0 unspecified atom stereocenters. The molecule has 0 aromatic carbocycles. The van der Waals surface area contributed by atoms with E-state index in [1.165, 1.54) is 51.0 Å². The molecule has 106 valence electrons. The Morgan fingerprint density at radius 3 is 2.32 bits per heavy atom. The molecule has 3 nitrogen and oxygen atoms in total. The molecule has 0 amide bonds. The lowest BCUT2D eigenvalue weighted by molar-refractivity contribution is -0.150. The summed E-state index contributed by atoms with van der Waals surface area (Å²) in [5.74, 6) is -1.04. The molecule has 1 heterocycles. The minimum atomic E-state index is -0.541. The molecule has 1 aliphatic heterocycles. The number of allylic oxidation sites excluding steroid dienone is 2. The number of ether oxygens (including phenoxy) is 1. The van der Waals surface area contributed by atoms with Crippen LogP contribution in [0.2, 0.25) is 0 Å². The molecule has 0 bridgehead atoms. The third-order valence-electron chi connectivity index (χ3n) is 3.23. The van der Waals surface area contributed by atoms with Crippen molar-refractivity contribution in [2.45, 2.75) is 64.7 Å². The van der Waals surface area contributed by atoms with Crippen molar-refractivity contribution in [1.29, 1.82) is 0 Å². The van der Waals surface area contributed by atoms with E-state index in [-0.39, 0.29) is 0 Å². The quantitative estimate of drug-likeness (QED) is 0.258. The van der Waals surface area contributed by atoms with Crippen LogP contribution in [0.4, 0.5) is 0 Å². The third-order valence-corrected chi connectivity index (χ3v) is 3.23. The highest BCUT2D eigenvalue weighted by molar-refractivity contribution is 6.08. The van der Waals surface area contributed by atoms with Crippen molar-refractivity contribution in [3.63, 3.8) is 0 Å². The third kappa shape index (κ3) is 6.94. The van der Waals surface area contributed by atoms with Gasteiger partial charge in [0.15, 0.2) is 0 Å². The van der Waals surface area contributed by atoms with Gasteiger partial charge in [0.25, 0.3) is 0 Å². The molecular weight excluding hydrogens is 240 g/mol. The summed E-state index contributed by atoms with van der Waals surface area (Å²) in [7, 11) is 0. The second kappa shape index (κ2) is 9.54. The summed E-state index contributed by atoms with van der Waals surface area (Å²) in [6, 6.07) is 0. The SMILES string of the molecule is CCCCCCCCCC=CCC1=CC(=O)OC1=O. The fourth-order valence-corrected chi connectivity index (χ4v) is 2.08. The molecule has 1 rings (SSSR count). The molecule has 0 atom stereocenters. The Morgan fingerprint density at radius 2 is 1.68 bits per heavy atom. The molecule has 0 aliphatic carbocycles. The molecule has 0 saturated heterocycles. The molecule has 1 aliphatic rings. The van der Waals surface area contributed by atoms with Crippen LogP contribution in [-0.2, 0) is 14.3 Å². The fraction of sp³-hybridized carbons (Fsp3) is 0.625. The van der Waals surface area contributed by atoms with E-state index >= 15 is 0 Å². The van der Waals surface area contributed by atoms with Crippen molar-refractivity contribution in [2.75, 3.05) is 0 Å². The molecule has 19 heavy (non-hydrogen) atoms. The second-order valence-electron chi connectivity index (χ2n) is 4.96. The first kappa shape index (κ1) is 15.7. The van der Waals surface area contributed by atoms with Crippen molar-refractivity contribution in [1.82, 2.24) is 0 Å². The second-order valence-corrected chi connectivity index (χ2v) is 4.96. The molecule has 0 aromatic heterocycles. The Hall–Kier alpha value is -1.38. The first-order valence-electron chi connectivity index (χ1n) is 7.35. The van der Waals surface area contributed by atoms with Gasteiger partial charge >= 0.3 is 11.9 Å². The maximum Gasteiger partial charge on any atom is 0.342 e. The van der Waals surface area contributed by atoms with Crippen LogP contribution in [0, 0.1) is 0 Å². The van der Waals surface area contributed by atoms with Gasteiger partial charge in [-0.3, -0.25) is 0 Å². The Labute approximate surface area is 115 Å². The zero-order chi connectivity index (χ0) is 13.9. The Bertz CT molecular complexity index is 353. The van der Waals surface area contributed by atoms with Crippen LogP contribution in [0.3, 0.4) is 0 Å². The molecule has 0 N–H and O–H groups in total. The van der Waals surface area contributed by atoms with Gasteiger partial charge in [-0.05, 0) is 19.3 Å². The molecule has 0 fully saturated rings. The van der Waals surface area contributed by atoms with Crippen molar-refractivity contribution >= 4 is 11.9 Å². The van der Waals surface area contributed by atoms with Crippen LogP contribution in [0.1, 0.15) is 64.7 Å². The van der Waals surface area contributed by atoms with E-state index < -0.39 is 11.9 Å². The number of hydrogen-bond acceptors (Lipinski definition) is 3. The van der Waals surface area contributed by atoms with Gasteiger partial charge in [-0.2, -0.15) is 0 Å². The van der Waals surface area contributed by atoms with E-state index in [4.69, 9.17) is 0 Å². The predicted octanol–water partition coefficient (Wildman–Crippen LogP) is 4.08. The summed E-state index contributed by atoms with van der Waals surface area (Å²) in [5.41, 5.74) is 0.459. The van der Waals surface area contributed by atoms with E-state index in [1.807, 2.05) is 6.08 Å². The van der Waals surface area contributed by atoms with Crippen LogP contribution in [0.25, 0.3) is 0 Å². The maximum absolute atomic E-state index is 11.1. The van der Waals surface area contributed by atoms with Crippen LogP contribution in [0.5, 0.6) is 0 Å². The van der Waals surface area contributed by atoms with Gasteiger partial charge in [0.2, 0.25) is 0 Å². The number of carbonyl (C=O) groups is 2.